The van der Waals surface area contributed by atoms with Gasteiger partial charge in [-0.2, -0.15) is 0 Å². The molecule has 1 aromatic heterocycles. The number of ether oxygens (including phenoxy) is 1. The molecule has 22 heavy (non-hydrogen) atoms. The van der Waals surface area contributed by atoms with Crippen molar-refractivity contribution in [3.8, 4) is 5.75 Å². The molecule has 0 spiro atoms. The topological polar surface area (TPSA) is 51.2 Å². The predicted octanol–water partition coefficient (Wildman–Crippen LogP) is 4.18. The van der Waals surface area contributed by atoms with Crippen LogP contribution in [0.15, 0.2) is 18.2 Å². The first-order valence-corrected chi connectivity index (χ1v) is 8.39. The third-order valence-electron chi connectivity index (χ3n) is 3.81. The molecule has 1 atom stereocenters. The molecule has 0 bridgehead atoms. The largest absolute Gasteiger partial charge is 0.496 e. The van der Waals surface area contributed by atoms with E-state index in [0.717, 1.165) is 25.0 Å². The molecule has 0 aliphatic heterocycles. The molecule has 6 heteroatoms. The van der Waals surface area contributed by atoms with E-state index in [1.54, 1.807) is 29.5 Å². The Morgan fingerprint density at radius 3 is 3.09 bits per heavy atom. The number of thiazole rings is 1. The second-order valence-electron chi connectivity index (χ2n) is 5.54. The maximum Gasteiger partial charge on any atom is 0.261 e. The predicted molar refractivity (Wildman–Crippen MR) is 89.3 cm³/mol. The van der Waals surface area contributed by atoms with Crippen LogP contribution in [-0.2, 0) is 12.8 Å². The molecule has 0 saturated heterocycles. The number of aromatic nitrogens is 1. The second kappa shape index (κ2) is 6.26. The molecule has 1 aliphatic rings. The van der Waals surface area contributed by atoms with Crippen molar-refractivity contribution < 1.29 is 9.53 Å². The normalized spacial score (nSPS) is 17.0. The monoisotopic (exact) mass is 336 g/mol. The average molecular weight is 337 g/mol. The van der Waals surface area contributed by atoms with Crippen LogP contribution in [0.2, 0.25) is 5.02 Å². The minimum atomic E-state index is -0.251. The molecular weight excluding hydrogens is 320 g/mol. The molecule has 1 aliphatic carbocycles. The SMILES string of the molecule is COc1ccc(Cl)cc1C(=O)Nc1nc2c(s1)CC(C)CC2. The zero-order valence-corrected chi connectivity index (χ0v) is 14.1. The molecule has 0 fully saturated rings. The van der Waals surface area contributed by atoms with Gasteiger partial charge in [0.25, 0.3) is 5.91 Å². The van der Waals surface area contributed by atoms with Crippen LogP contribution < -0.4 is 10.1 Å². The second-order valence-corrected chi connectivity index (χ2v) is 7.06. The first-order valence-electron chi connectivity index (χ1n) is 7.20. The van der Waals surface area contributed by atoms with E-state index in [9.17, 15) is 4.79 Å². The van der Waals surface area contributed by atoms with Crippen molar-refractivity contribution in [2.75, 3.05) is 12.4 Å². The van der Waals surface area contributed by atoms with Crippen LogP contribution in [0.5, 0.6) is 5.75 Å². The van der Waals surface area contributed by atoms with E-state index in [0.29, 0.717) is 27.4 Å². The summed E-state index contributed by atoms with van der Waals surface area (Å²) in [5.41, 5.74) is 1.54. The van der Waals surface area contributed by atoms with Crippen LogP contribution in [0.1, 0.15) is 34.3 Å². The van der Waals surface area contributed by atoms with E-state index >= 15 is 0 Å². The lowest BCUT2D eigenvalue weighted by Crippen LogP contribution is -2.13. The van der Waals surface area contributed by atoms with E-state index in [1.807, 2.05) is 0 Å². The number of benzene rings is 1. The van der Waals surface area contributed by atoms with Crippen LogP contribution in [0.25, 0.3) is 0 Å². The lowest BCUT2D eigenvalue weighted by molar-refractivity contribution is 0.102. The highest BCUT2D eigenvalue weighted by molar-refractivity contribution is 7.15. The lowest BCUT2D eigenvalue weighted by atomic mass is 9.93. The molecular formula is C16H17ClN2O2S. The Kier molecular flexibility index (Phi) is 4.36. The number of anilines is 1. The molecule has 1 aromatic carbocycles. The summed E-state index contributed by atoms with van der Waals surface area (Å²) in [5.74, 6) is 0.930. The standard InChI is InChI=1S/C16H17ClN2O2S/c1-9-3-5-12-14(7-9)22-16(18-12)19-15(20)11-8-10(17)4-6-13(11)21-2/h4,6,8-9H,3,5,7H2,1-2H3,(H,18,19,20). The van der Waals surface area contributed by atoms with Gasteiger partial charge in [0, 0.05) is 9.90 Å². The Bertz CT molecular complexity index is 714. The molecule has 0 saturated carbocycles. The molecule has 4 nitrogen and oxygen atoms in total. The number of hydrogen-bond acceptors (Lipinski definition) is 4. The summed E-state index contributed by atoms with van der Waals surface area (Å²) in [6, 6.07) is 4.98. The fraction of sp³-hybridized carbons (Fsp3) is 0.375. The minimum absolute atomic E-state index is 0.251. The fourth-order valence-electron chi connectivity index (χ4n) is 2.62. The van der Waals surface area contributed by atoms with E-state index in [2.05, 4.69) is 17.2 Å². The van der Waals surface area contributed by atoms with Gasteiger partial charge in [-0.3, -0.25) is 10.1 Å². The number of carbonyl (C=O) groups is 1. The first kappa shape index (κ1) is 15.3. The summed E-state index contributed by atoms with van der Waals surface area (Å²) in [4.78, 5) is 18.3. The average Bonchev–Trinajstić information content (AvgIpc) is 2.88. The summed E-state index contributed by atoms with van der Waals surface area (Å²) in [5, 5.41) is 4.00. The highest BCUT2D eigenvalue weighted by Gasteiger charge is 2.21. The Morgan fingerprint density at radius 2 is 2.32 bits per heavy atom. The number of halogens is 1. The molecule has 1 amide bonds. The van der Waals surface area contributed by atoms with Gasteiger partial charge >= 0.3 is 0 Å². The van der Waals surface area contributed by atoms with Crippen LogP contribution in [0.3, 0.4) is 0 Å². The molecule has 0 radical (unpaired) electrons. The van der Waals surface area contributed by atoms with Gasteiger partial charge in [0.05, 0.1) is 18.4 Å². The molecule has 3 rings (SSSR count). The molecule has 116 valence electrons. The molecule has 2 aromatic rings. The van der Waals surface area contributed by atoms with E-state index < -0.39 is 0 Å². The van der Waals surface area contributed by atoms with Gasteiger partial charge in [0.1, 0.15) is 5.75 Å². The van der Waals surface area contributed by atoms with Gasteiger partial charge in [0.15, 0.2) is 5.13 Å². The van der Waals surface area contributed by atoms with Gasteiger partial charge in [-0.1, -0.05) is 18.5 Å². The maximum atomic E-state index is 12.4. The highest BCUT2D eigenvalue weighted by atomic mass is 35.5. The van der Waals surface area contributed by atoms with Crippen molar-refractivity contribution in [3.63, 3.8) is 0 Å². The van der Waals surface area contributed by atoms with Gasteiger partial charge < -0.3 is 4.74 Å². The number of nitrogens with zero attached hydrogens (tertiary/aromatic N) is 1. The van der Waals surface area contributed by atoms with Crippen LogP contribution in [0, 0.1) is 5.92 Å². The number of amides is 1. The van der Waals surface area contributed by atoms with Crippen molar-refractivity contribution in [1.29, 1.82) is 0 Å². The smallest absolute Gasteiger partial charge is 0.261 e. The van der Waals surface area contributed by atoms with Crippen LogP contribution in [0.4, 0.5) is 5.13 Å². The summed E-state index contributed by atoms with van der Waals surface area (Å²) in [6.07, 6.45) is 3.19. The third-order valence-corrected chi connectivity index (χ3v) is 5.08. The maximum absolute atomic E-state index is 12.4. The Labute approximate surface area is 138 Å². The zero-order chi connectivity index (χ0) is 15.7. The number of hydrogen-bond donors (Lipinski definition) is 1. The van der Waals surface area contributed by atoms with Gasteiger partial charge in [-0.15, -0.1) is 11.3 Å². The fourth-order valence-corrected chi connectivity index (χ4v) is 3.95. The summed E-state index contributed by atoms with van der Waals surface area (Å²) in [6.45, 7) is 2.25. The molecule has 1 unspecified atom stereocenters. The van der Waals surface area contributed by atoms with Gasteiger partial charge in [-0.25, -0.2) is 4.98 Å². The quantitative estimate of drug-likeness (QED) is 0.914. The molecule has 1 N–H and O–H groups in total. The first-order chi connectivity index (χ1) is 10.6. The number of carbonyl (C=O) groups excluding carboxylic acids is 1. The van der Waals surface area contributed by atoms with Gasteiger partial charge in [0.2, 0.25) is 0 Å². The minimum Gasteiger partial charge on any atom is -0.496 e. The number of aryl methyl sites for hydroxylation is 1. The Morgan fingerprint density at radius 1 is 1.50 bits per heavy atom. The zero-order valence-electron chi connectivity index (χ0n) is 12.5. The lowest BCUT2D eigenvalue weighted by Gasteiger charge is -2.15. The Hall–Kier alpha value is -1.59. The highest BCUT2D eigenvalue weighted by Crippen LogP contribution is 2.32. The number of nitrogens with one attached hydrogen (secondary N) is 1. The van der Waals surface area contributed by atoms with E-state index in [4.69, 9.17) is 16.3 Å². The summed E-state index contributed by atoms with van der Waals surface area (Å²) < 4.78 is 5.22. The van der Waals surface area contributed by atoms with Crippen molar-refractivity contribution in [2.24, 2.45) is 5.92 Å². The van der Waals surface area contributed by atoms with Crippen LogP contribution in [-0.4, -0.2) is 18.0 Å². The van der Waals surface area contributed by atoms with Crippen LogP contribution >= 0.6 is 22.9 Å². The number of rotatable bonds is 3. The summed E-state index contributed by atoms with van der Waals surface area (Å²) in [7, 11) is 1.53. The van der Waals surface area contributed by atoms with E-state index in [-0.39, 0.29) is 5.91 Å². The van der Waals surface area contributed by atoms with Crippen molar-refractivity contribution in [3.05, 3.63) is 39.4 Å². The van der Waals surface area contributed by atoms with Crippen molar-refractivity contribution in [2.45, 2.75) is 26.2 Å². The van der Waals surface area contributed by atoms with Gasteiger partial charge in [-0.05, 0) is 43.4 Å². The van der Waals surface area contributed by atoms with Crippen molar-refractivity contribution >= 4 is 34.0 Å². The van der Waals surface area contributed by atoms with Crippen molar-refractivity contribution in [1.82, 2.24) is 4.98 Å². The Balaban J connectivity index is 1.82. The van der Waals surface area contributed by atoms with E-state index in [1.165, 1.54) is 12.0 Å². The number of fused-ring (bicyclic) bond motifs is 1. The molecule has 1 heterocycles. The number of methoxy groups -OCH3 is 1. The summed E-state index contributed by atoms with van der Waals surface area (Å²) >= 11 is 7.53. The third kappa shape index (κ3) is 3.10.